The maximum atomic E-state index is 15.1. The zero-order valence-electron chi connectivity index (χ0n) is 19.3. The number of fused-ring (bicyclic) bond motifs is 3. The Bertz CT molecular complexity index is 1020. The Hall–Kier alpha value is -2.64. The number of pyridine rings is 1. The SMILES string of the molecule is COC(=O)C1CCc2[nH]c3ncc(F)c(C4CCN(C(=O)OC(C)(C)C)CC4)c3c2CC1. The van der Waals surface area contributed by atoms with Gasteiger partial charge in [0.2, 0.25) is 0 Å². The van der Waals surface area contributed by atoms with Gasteiger partial charge in [-0.3, -0.25) is 4.79 Å². The van der Waals surface area contributed by atoms with Crippen molar-refractivity contribution in [3.05, 3.63) is 28.8 Å². The van der Waals surface area contributed by atoms with Crippen molar-refractivity contribution in [2.75, 3.05) is 20.2 Å². The summed E-state index contributed by atoms with van der Waals surface area (Å²) >= 11 is 0. The third kappa shape index (κ3) is 4.45. The van der Waals surface area contributed by atoms with Crippen LogP contribution in [-0.4, -0.2) is 52.7 Å². The lowest BCUT2D eigenvalue weighted by Gasteiger charge is -2.34. The van der Waals surface area contributed by atoms with Crippen LogP contribution in [0.4, 0.5) is 9.18 Å². The molecule has 2 aromatic rings. The zero-order valence-corrected chi connectivity index (χ0v) is 19.3. The molecule has 0 bridgehead atoms. The molecule has 1 unspecified atom stereocenters. The molecule has 4 rings (SSSR count). The van der Waals surface area contributed by atoms with E-state index in [0.717, 1.165) is 16.6 Å². The fourth-order valence-electron chi connectivity index (χ4n) is 5.02. The van der Waals surface area contributed by atoms with Gasteiger partial charge in [0.15, 0.2) is 0 Å². The minimum Gasteiger partial charge on any atom is -0.469 e. The molecule has 1 N–H and O–H groups in total. The lowest BCUT2D eigenvalue weighted by molar-refractivity contribution is -0.145. The molecule has 1 fully saturated rings. The zero-order chi connectivity index (χ0) is 23.0. The van der Waals surface area contributed by atoms with E-state index in [4.69, 9.17) is 9.47 Å². The number of rotatable bonds is 2. The summed E-state index contributed by atoms with van der Waals surface area (Å²) in [4.78, 5) is 33.9. The van der Waals surface area contributed by atoms with E-state index in [1.54, 1.807) is 4.90 Å². The van der Waals surface area contributed by atoms with Crippen LogP contribution in [0.15, 0.2) is 6.20 Å². The highest BCUT2D eigenvalue weighted by Gasteiger charge is 2.32. The van der Waals surface area contributed by atoms with Crippen LogP contribution in [0, 0.1) is 11.7 Å². The monoisotopic (exact) mass is 445 g/mol. The second-order valence-electron chi connectivity index (χ2n) is 9.86. The number of carbonyl (C=O) groups excluding carboxylic acids is 2. The topological polar surface area (TPSA) is 84.5 Å². The molecule has 1 saturated heterocycles. The van der Waals surface area contributed by atoms with Crippen molar-refractivity contribution in [2.24, 2.45) is 5.92 Å². The Kier molecular flexibility index (Phi) is 6.14. The van der Waals surface area contributed by atoms with Crippen molar-refractivity contribution < 1.29 is 23.5 Å². The first-order chi connectivity index (χ1) is 15.2. The number of hydrogen-bond acceptors (Lipinski definition) is 5. The van der Waals surface area contributed by atoms with E-state index >= 15 is 4.39 Å². The number of amides is 1. The van der Waals surface area contributed by atoms with E-state index < -0.39 is 5.60 Å². The second-order valence-corrected chi connectivity index (χ2v) is 9.86. The molecule has 2 aliphatic rings. The van der Waals surface area contributed by atoms with E-state index in [-0.39, 0.29) is 29.7 Å². The third-order valence-electron chi connectivity index (χ3n) is 6.58. The first-order valence-corrected chi connectivity index (χ1v) is 11.4. The molecular formula is C24H32FN3O4. The molecule has 8 heteroatoms. The van der Waals surface area contributed by atoms with Gasteiger partial charge in [0.25, 0.3) is 0 Å². The van der Waals surface area contributed by atoms with Crippen molar-refractivity contribution in [1.82, 2.24) is 14.9 Å². The fourth-order valence-corrected chi connectivity index (χ4v) is 5.02. The number of aromatic nitrogens is 2. The van der Waals surface area contributed by atoms with Gasteiger partial charge in [-0.15, -0.1) is 0 Å². The highest BCUT2D eigenvalue weighted by atomic mass is 19.1. The fraction of sp³-hybridized carbons (Fsp3) is 0.625. The summed E-state index contributed by atoms with van der Waals surface area (Å²) in [5.74, 6) is -0.626. The standard InChI is InChI=1S/C24H32FN3O4/c1-24(2,3)32-23(30)28-11-9-14(10-12-28)19-17(25)13-26-21-20(19)16-7-5-15(22(29)31-4)6-8-18(16)27-21/h13-15H,5-12H2,1-4H3,(H,26,27). The van der Waals surface area contributed by atoms with E-state index in [9.17, 15) is 9.59 Å². The average molecular weight is 446 g/mol. The van der Waals surface area contributed by atoms with Gasteiger partial charge < -0.3 is 19.4 Å². The van der Waals surface area contributed by atoms with Gasteiger partial charge in [-0.1, -0.05) is 0 Å². The predicted molar refractivity (Wildman–Crippen MR) is 118 cm³/mol. The summed E-state index contributed by atoms with van der Waals surface area (Å²) in [5, 5.41) is 0.862. The molecule has 32 heavy (non-hydrogen) atoms. The number of nitrogens with zero attached hydrogens (tertiary/aromatic N) is 2. The van der Waals surface area contributed by atoms with Gasteiger partial charge in [-0.05, 0) is 70.8 Å². The number of esters is 1. The normalized spacial score (nSPS) is 20.0. The Morgan fingerprint density at radius 1 is 1.16 bits per heavy atom. The lowest BCUT2D eigenvalue weighted by Crippen LogP contribution is -2.41. The first kappa shape index (κ1) is 22.6. The summed E-state index contributed by atoms with van der Waals surface area (Å²) < 4.78 is 25.6. The maximum absolute atomic E-state index is 15.1. The van der Waals surface area contributed by atoms with Gasteiger partial charge in [0.05, 0.1) is 19.2 Å². The van der Waals surface area contributed by atoms with Gasteiger partial charge >= 0.3 is 12.1 Å². The van der Waals surface area contributed by atoms with E-state index in [1.807, 2.05) is 20.8 Å². The van der Waals surface area contributed by atoms with Crippen LogP contribution in [0.2, 0.25) is 0 Å². The molecule has 1 amide bonds. The number of nitrogens with one attached hydrogen (secondary N) is 1. The summed E-state index contributed by atoms with van der Waals surface area (Å²) in [6, 6.07) is 0. The van der Waals surface area contributed by atoms with Gasteiger partial charge in [-0.2, -0.15) is 0 Å². The number of aromatic amines is 1. The molecule has 7 nitrogen and oxygen atoms in total. The molecule has 2 aromatic heterocycles. The molecule has 1 atom stereocenters. The van der Waals surface area contributed by atoms with Crippen LogP contribution in [-0.2, 0) is 27.1 Å². The van der Waals surface area contributed by atoms with Crippen LogP contribution in [0.1, 0.15) is 69.2 Å². The van der Waals surface area contributed by atoms with E-state index in [0.29, 0.717) is 62.8 Å². The average Bonchev–Trinajstić information content (AvgIpc) is 2.96. The van der Waals surface area contributed by atoms with Crippen LogP contribution in [0.3, 0.4) is 0 Å². The van der Waals surface area contributed by atoms with Gasteiger partial charge in [-0.25, -0.2) is 14.2 Å². The van der Waals surface area contributed by atoms with Gasteiger partial charge in [0, 0.05) is 29.7 Å². The maximum Gasteiger partial charge on any atom is 0.410 e. The van der Waals surface area contributed by atoms with Crippen molar-refractivity contribution in [3.8, 4) is 0 Å². The summed E-state index contributed by atoms with van der Waals surface area (Å²) in [6.45, 7) is 6.61. The van der Waals surface area contributed by atoms with E-state index in [1.165, 1.54) is 13.3 Å². The molecular weight excluding hydrogens is 413 g/mol. The molecule has 0 aromatic carbocycles. The number of likely N-dealkylation sites (tertiary alicyclic amines) is 1. The Labute approximate surface area is 187 Å². The number of H-pyrrole nitrogens is 1. The number of hydrogen-bond donors (Lipinski definition) is 1. The van der Waals surface area contributed by atoms with E-state index in [2.05, 4.69) is 9.97 Å². The first-order valence-electron chi connectivity index (χ1n) is 11.4. The number of methoxy groups -OCH3 is 1. The number of aryl methyl sites for hydroxylation is 2. The third-order valence-corrected chi connectivity index (χ3v) is 6.58. The smallest absolute Gasteiger partial charge is 0.410 e. The van der Waals surface area contributed by atoms with Crippen molar-refractivity contribution in [3.63, 3.8) is 0 Å². The van der Waals surface area contributed by atoms with Crippen LogP contribution >= 0.6 is 0 Å². The highest BCUT2D eigenvalue weighted by molar-refractivity contribution is 5.86. The van der Waals surface area contributed by atoms with Crippen LogP contribution in [0.5, 0.6) is 0 Å². The Morgan fingerprint density at radius 2 is 1.84 bits per heavy atom. The summed E-state index contributed by atoms with van der Waals surface area (Å²) in [5.41, 5.74) is 2.97. The van der Waals surface area contributed by atoms with Crippen LogP contribution in [0.25, 0.3) is 11.0 Å². The molecule has 174 valence electrons. The summed E-state index contributed by atoms with van der Waals surface area (Å²) in [7, 11) is 1.42. The highest BCUT2D eigenvalue weighted by Crippen LogP contribution is 2.39. The van der Waals surface area contributed by atoms with Crippen molar-refractivity contribution in [1.29, 1.82) is 0 Å². The molecule has 0 radical (unpaired) electrons. The molecule has 0 spiro atoms. The largest absolute Gasteiger partial charge is 0.469 e. The number of ether oxygens (including phenoxy) is 2. The molecule has 1 aliphatic heterocycles. The number of halogens is 1. The Morgan fingerprint density at radius 3 is 2.50 bits per heavy atom. The van der Waals surface area contributed by atoms with Gasteiger partial charge in [0.1, 0.15) is 17.1 Å². The molecule has 3 heterocycles. The minimum atomic E-state index is -0.540. The summed E-state index contributed by atoms with van der Waals surface area (Å²) in [6.07, 6.45) is 5.09. The van der Waals surface area contributed by atoms with Crippen LogP contribution < -0.4 is 0 Å². The molecule has 0 saturated carbocycles. The predicted octanol–water partition coefficient (Wildman–Crippen LogP) is 4.48. The van der Waals surface area contributed by atoms with Crippen molar-refractivity contribution in [2.45, 2.75) is 70.8 Å². The number of carbonyl (C=O) groups is 2. The quantitative estimate of drug-likeness (QED) is 0.544. The number of piperidine rings is 1. The Balaban J connectivity index is 1.58. The van der Waals surface area contributed by atoms with Crippen molar-refractivity contribution >= 4 is 23.1 Å². The second kappa shape index (κ2) is 8.71. The minimum absolute atomic E-state index is 0.00116. The lowest BCUT2D eigenvalue weighted by atomic mass is 9.86. The molecule has 1 aliphatic carbocycles.